The molecule has 0 aliphatic carbocycles. The van der Waals surface area contributed by atoms with Gasteiger partial charge in [-0.25, -0.2) is 9.78 Å². The molecule has 1 atom stereocenters. The Hall–Kier alpha value is -1.34. The lowest BCUT2D eigenvalue weighted by molar-refractivity contribution is -0.139. The van der Waals surface area contributed by atoms with Crippen LogP contribution in [0, 0.1) is 0 Å². The van der Waals surface area contributed by atoms with Gasteiger partial charge in [0.2, 0.25) is 0 Å². The molecule has 1 amide bonds. The maximum Gasteiger partial charge on any atom is 0.326 e. The Morgan fingerprint density at radius 1 is 1.56 bits per heavy atom. The highest BCUT2D eigenvalue weighted by atomic mass is 35.5. The predicted molar refractivity (Wildman–Crippen MR) is 68.9 cm³/mol. The van der Waals surface area contributed by atoms with Gasteiger partial charge in [-0.1, -0.05) is 11.6 Å². The number of aliphatic carboxylic acids is 1. The quantitative estimate of drug-likeness (QED) is 0.814. The van der Waals surface area contributed by atoms with Gasteiger partial charge in [-0.05, 0) is 18.4 Å². The maximum atomic E-state index is 11.7. The van der Waals surface area contributed by atoms with E-state index in [4.69, 9.17) is 16.7 Å². The van der Waals surface area contributed by atoms with Crippen LogP contribution < -0.4 is 5.32 Å². The van der Waals surface area contributed by atoms with Gasteiger partial charge in [-0.15, -0.1) is 0 Å². The van der Waals surface area contributed by atoms with Crippen LogP contribution in [0.4, 0.5) is 0 Å². The zero-order valence-electron chi connectivity index (χ0n) is 9.59. The molecule has 0 fully saturated rings. The van der Waals surface area contributed by atoms with Crippen LogP contribution in [0.2, 0.25) is 5.15 Å². The third kappa shape index (κ3) is 4.50. The number of amides is 1. The number of nitrogens with zero attached hydrogens (tertiary/aromatic N) is 2. The smallest absolute Gasteiger partial charge is 0.326 e. The van der Waals surface area contributed by atoms with Gasteiger partial charge in [0.1, 0.15) is 16.9 Å². The Bertz CT molecular complexity index is 444. The van der Waals surface area contributed by atoms with Crippen LogP contribution in [0.5, 0.6) is 0 Å². The second-order valence-electron chi connectivity index (χ2n) is 3.37. The number of nitrogens with one attached hydrogen (secondary N) is 1. The average molecular weight is 290 g/mol. The highest BCUT2D eigenvalue weighted by Gasteiger charge is 2.21. The molecule has 98 valence electrons. The van der Waals surface area contributed by atoms with Gasteiger partial charge in [0.25, 0.3) is 5.91 Å². The lowest BCUT2D eigenvalue weighted by Crippen LogP contribution is -2.41. The zero-order valence-corrected chi connectivity index (χ0v) is 11.2. The van der Waals surface area contributed by atoms with Crippen LogP contribution in [-0.2, 0) is 4.79 Å². The first kappa shape index (κ1) is 14.7. The van der Waals surface area contributed by atoms with E-state index in [1.807, 2.05) is 6.26 Å². The molecule has 0 bridgehead atoms. The van der Waals surface area contributed by atoms with E-state index in [2.05, 4.69) is 15.3 Å². The van der Waals surface area contributed by atoms with Crippen LogP contribution in [0.25, 0.3) is 0 Å². The van der Waals surface area contributed by atoms with E-state index in [-0.39, 0.29) is 10.8 Å². The Morgan fingerprint density at radius 3 is 2.83 bits per heavy atom. The van der Waals surface area contributed by atoms with E-state index >= 15 is 0 Å². The van der Waals surface area contributed by atoms with E-state index in [1.54, 1.807) is 0 Å². The summed E-state index contributed by atoms with van der Waals surface area (Å²) < 4.78 is 0. The normalized spacial score (nSPS) is 11.9. The molecule has 0 spiro atoms. The summed E-state index contributed by atoms with van der Waals surface area (Å²) in [6.07, 6.45) is 4.73. The van der Waals surface area contributed by atoms with Crippen LogP contribution in [0.15, 0.2) is 12.4 Å². The molecule has 0 saturated heterocycles. The van der Waals surface area contributed by atoms with Crippen molar-refractivity contribution < 1.29 is 14.7 Å². The van der Waals surface area contributed by atoms with Gasteiger partial charge in [-0.2, -0.15) is 11.8 Å². The Balaban J connectivity index is 2.69. The molecule has 6 nitrogen and oxygen atoms in total. The van der Waals surface area contributed by atoms with Crippen molar-refractivity contribution in [2.45, 2.75) is 12.5 Å². The number of rotatable bonds is 6. The van der Waals surface area contributed by atoms with E-state index in [0.29, 0.717) is 12.2 Å². The van der Waals surface area contributed by atoms with E-state index in [1.165, 1.54) is 24.2 Å². The van der Waals surface area contributed by atoms with Crippen molar-refractivity contribution in [2.24, 2.45) is 0 Å². The van der Waals surface area contributed by atoms with Crippen LogP contribution in [0.3, 0.4) is 0 Å². The Kier molecular flexibility index (Phi) is 5.87. The fourth-order valence-electron chi connectivity index (χ4n) is 1.18. The van der Waals surface area contributed by atoms with Crippen molar-refractivity contribution in [3.8, 4) is 0 Å². The van der Waals surface area contributed by atoms with Crippen molar-refractivity contribution in [3.63, 3.8) is 0 Å². The molecular weight excluding hydrogens is 278 g/mol. The molecule has 0 aromatic carbocycles. The van der Waals surface area contributed by atoms with Crippen LogP contribution in [0.1, 0.15) is 16.9 Å². The van der Waals surface area contributed by atoms with E-state index in [0.717, 1.165) is 0 Å². The molecule has 0 unspecified atom stereocenters. The zero-order chi connectivity index (χ0) is 13.5. The van der Waals surface area contributed by atoms with Crippen molar-refractivity contribution in [2.75, 3.05) is 12.0 Å². The van der Waals surface area contributed by atoms with Gasteiger partial charge >= 0.3 is 5.97 Å². The number of carboxylic acids is 1. The summed E-state index contributed by atoms with van der Waals surface area (Å²) in [4.78, 5) is 30.2. The molecule has 1 aromatic heterocycles. The first-order valence-electron chi connectivity index (χ1n) is 5.04. The molecule has 1 aromatic rings. The standard InChI is InChI=1S/C10H12ClN3O3S/c1-18-3-2-6(10(16)17)14-9(15)7-4-12-5-8(11)13-7/h4-6H,2-3H2,1H3,(H,14,15)(H,16,17)/t6-/m1/s1. The number of carbonyl (C=O) groups excluding carboxylic acids is 1. The summed E-state index contributed by atoms with van der Waals surface area (Å²) in [5, 5.41) is 11.4. The molecule has 0 aliphatic rings. The number of carboxylic acid groups (broad SMARTS) is 1. The number of carbonyl (C=O) groups is 2. The minimum Gasteiger partial charge on any atom is -0.480 e. The minimum atomic E-state index is -1.08. The van der Waals surface area contributed by atoms with Gasteiger partial charge in [0.05, 0.1) is 12.4 Å². The highest BCUT2D eigenvalue weighted by Crippen LogP contribution is 2.05. The third-order valence-corrected chi connectivity index (χ3v) is 2.88. The number of aromatic nitrogens is 2. The van der Waals surface area contributed by atoms with E-state index < -0.39 is 17.9 Å². The molecular formula is C10H12ClN3O3S. The molecule has 1 rings (SSSR count). The summed E-state index contributed by atoms with van der Waals surface area (Å²) in [6.45, 7) is 0. The van der Waals surface area contributed by atoms with Crippen molar-refractivity contribution in [3.05, 3.63) is 23.2 Å². The predicted octanol–water partition coefficient (Wildman–Crippen LogP) is 1.07. The fraction of sp³-hybridized carbons (Fsp3) is 0.400. The molecule has 0 saturated carbocycles. The molecule has 18 heavy (non-hydrogen) atoms. The summed E-state index contributed by atoms with van der Waals surface area (Å²) in [5.74, 6) is -1.04. The lowest BCUT2D eigenvalue weighted by Gasteiger charge is -2.13. The largest absolute Gasteiger partial charge is 0.480 e. The van der Waals surface area contributed by atoms with Gasteiger partial charge < -0.3 is 10.4 Å². The van der Waals surface area contributed by atoms with Gasteiger partial charge in [0.15, 0.2) is 0 Å². The Morgan fingerprint density at radius 2 is 2.28 bits per heavy atom. The summed E-state index contributed by atoms with van der Waals surface area (Å²) in [5.41, 5.74) is -0.00194. The monoisotopic (exact) mass is 289 g/mol. The van der Waals surface area contributed by atoms with E-state index in [9.17, 15) is 9.59 Å². The highest BCUT2D eigenvalue weighted by molar-refractivity contribution is 7.98. The maximum absolute atomic E-state index is 11.7. The number of halogens is 1. The topological polar surface area (TPSA) is 92.2 Å². The van der Waals surface area contributed by atoms with Crippen LogP contribution >= 0.6 is 23.4 Å². The van der Waals surface area contributed by atoms with Crippen LogP contribution in [-0.4, -0.2) is 45.0 Å². The van der Waals surface area contributed by atoms with Crippen molar-refractivity contribution in [1.29, 1.82) is 0 Å². The van der Waals surface area contributed by atoms with Crippen molar-refractivity contribution in [1.82, 2.24) is 15.3 Å². The Labute approximate surface area is 113 Å². The van der Waals surface area contributed by atoms with Gasteiger partial charge in [-0.3, -0.25) is 9.78 Å². The second kappa shape index (κ2) is 7.17. The first-order valence-corrected chi connectivity index (χ1v) is 6.82. The molecule has 1 heterocycles. The van der Waals surface area contributed by atoms with Crippen molar-refractivity contribution >= 4 is 35.2 Å². The summed E-state index contributed by atoms with van der Waals surface area (Å²) in [6, 6.07) is -0.939. The second-order valence-corrected chi connectivity index (χ2v) is 4.75. The van der Waals surface area contributed by atoms with Gasteiger partial charge in [0, 0.05) is 0 Å². The average Bonchev–Trinajstić information content (AvgIpc) is 2.33. The molecule has 0 aliphatic heterocycles. The number of hydrogen-bond acceptors (Lipinski definition) is 5. The SMILES string of the molecule is CSCC[C@@H](NC(=O)c1cncc(Cl)n1)C(=O)O. The third-order valence-electron chi connectivity index (χ3n) is 2.05. The molecule has 8 heteroatoms. The number of thioether (sulfide) groups is 1. The molecule has 2 N–H and O–H groups in total. The minimum absolute atomic E-state index is 0.00194. The summed E-state index contributed by atoms with van der Waals surface area (Å²) >= 11 is 7.11. The lowest BCUT2D eigenvalue weighted by atomic mass is 10.2. The fourth-order valence-corrected chi connectivity index (χ4v) is 1.80. The molecule has 0 radical (unpaired) electrons. The number of hydrogen-bond donors (Lipinski definition) is 2. The first-order chi connectivity index (χ1) is 8.54. The summed E-state index contributed by atoms with van der Waals surface area (Å²) in [7, 11) is 0.